The molecule has 2 N–H and O–H groups in total. The van der Waals surface area contributed by atoms with Gasteiger partial charge in [-0.3, -0.25) is 0 Å². The van der Waals surface area contributed by atoms with Crippen LogP contribution in [0.15, 0.2) is 17.5 Å². The first kappa shape index (κ1) is 12.1. The van der Waals surface area contributed by atoms with Gasteiger partial charge in [0.15, 0.2) is 0 Å². The summed E-state index contributed by atoms with van der Waals surface area (Å²) in [6.07, 6.45) is 3.53. The third-order valence-corrected chi connectivity index (χ3v) is 5.00. The fourth-order valence-electron chi connectivity index (χ4n) is 2.35. The van der Waals surface area contributed by atoms with E-state index in [1.54, 1.807) is 11.3 Å². The van der Waals surface area contributed by atoms with Crippen LogP contribution in [-0.2, 0) is 11.2 Å². The van der Waals surface area contributed by atoms with Gasteiger partial charge in [0.05, 0.1) is 12.7 Å². The summed E-state index contributed by atoms with van der Waals surface area (Å²) in [5, 5.41) is 2.12. The van der Waals surface area contributed by atoms with Gasteiger partial charge in [-0.05, 0) is 24.3 Å². The number of rotatable bonds is 5. The van der Waals surface area contributed by atoms with E-state index in [2.05, 4.69) is 31.4 Å². The number of thiophene rings is 1. The molecule has 1 aromatic rings. The summed E-state index contributed by atoms with van der Waals surface area (Å²) in [5.74, 6) is 0. The van der Waals surface area contributed by atoms with E-state index in [1.165, 1.54) is 4.88 Å². The fraction of sp³-hybridized carbons (Fsp3) is 0.692. The van der Waals surface area contributed by atoms with Gasteiger partial charge < -0.3 is 10.5 Å². The lowest BCUT2D eigenvalue weighted by atomic mass is 9.62. The zero-order valence-corrected chi connectivity index (χ0v) is 10.9. The highest BCUT2D eigenvalue weighted by atomic mass is 32.1. The molecule has 1 fully saturated rings. The average Bonchev–Trinajstić information content (AvgIpc) is 2.80. The van der Waals surface area contributed by atoms with Crippen LogP contribution >= 0.6 is 11.3 Å². The summed E-state index contributed by atoms with van der Waals surface area (Å²) in [6.45, 7) is 5.28. The Labute approximate surface area is 102 Å². The average molecular weight is 239 g/mol. The molecule has 0 aromatic carbocycles. The van der Waals surface area contributed by atoms with Crippen molar-refractivity contribution in [3.8, 4) is 0 Å². The molecule has 2 rings (SSSR count). The highest BCUT2D eigenvalue weighted by molar-refractivity contribution is 7.09. The Balaban J connectivity index is 1.75. The second-order valence-electron chi connectivity index (χ2n) is 4.89. The van der Waals surface area contributed by atoms with Gasteiger partial charge in [0, 0.05) is 22.8 Å². The lowest BCUT2D eigenvalue weighted by Crippen LogP contribution is -2.60. The van der Waals surface area contributed by atoms with Crippen molar-refractivity contribution in [3.63, 3.8) is 0 Å². The standard InChI is InChI=1S/C13H21NOS/c1-3-13(2)11(14)9-12(13)15-7-6-10-5-4-8-16-10/h4-5,8,11-12H,3,6-7,9,14H2,1-2H3. The molecule has 1 aromatic heterocycles. The number of ether oxygens (including phenoxy) is 1. The summed E-state index contributed by atoms with van der Waals surface area (Å²) < 4.78 is 5.95. The van der Waals surface area contributed by atoms with E-state index in [-0.39, 0.29) is 5.41 Å². The second-order valence-corrected chi connectivity index (χ2v) is 5.92. The van der Waals surface area contributed by atoms with Crippen LogP contribution in [0.1, 0.15) is 31.6 Å². The molecule has 3 unspecified atom stereocenters. The maximum absolute atomic E-state index is 6.05. The molecule has 3 heteroatoms. The van der Waals surface area contributed by atoms with E-state index >= 15 is 0 Å². The predicted octanol–water partition coefficient (Wildman–Crippen LogP) is 2.82. The van der Waals surface area contributed by atoms with Crippen molar-refractivity contribution in [3.05, 3.63) is 22.4 Å². The molecule has 0 radical (unpaired) electrons. The SMILES string of the molecule is CCC1(C)C(N)CC1OCCc1cccs1. The van der Waals surface area contributed by atoms with Gasteiger partial charge in [-0.2, -0.15) is 0 Å². The molecule has 2 nitrogen and oxygen atoms in total. The molecule has 0 aliphatic heterocycles. The van der Waals surface area contributed by atoms with Crippen LogP contribution in [-0.4, -0.2) is 18.8 Å². The Morgan fingerprint density at radius 3 is 3.00 bits per heavy atom. The van der Waals surface area contributed by atoms with Crippen LogP contribution < -0.4 is 5.73 Å². The van der Waals surface area contributed by atoms with Crippen LogP contribution in [0.25, 0.3) is 0 Å². The minimum atomic E-state index is 0.204. The Morgan fingerprint density at radius 1 is 1.62 bits per heavy atom. The Morgan fingerprint density at radius 2 is 2.44 bits per heavy atom. The number of nitrogens with two attached hydrogens (primary N) is 1. The van der Waals surface area contributed by atoms with Gasteiger partial charge in [0.25, 0.3) is 0 Å². The van der Waals surface area contributed by atoms with E-state index in [9.17, 15) is 0 Å². The molecule has 0 saturated heterocycles. The maximum atomic E-state index is 6.05. The van der Waals surface area contributed by atoms with Crippen molar-refractivity contribution >= 4 is 11.3 Å². The van der Waals surface area contributed by atoms with E-state index in [1.807, 2.05) is 0 Å². The van der Waals surface area contributed by atoms with Gasteiger partial charge in [-0.1, -0.05) is 19.9 Å². The first-order chi connectivity index (χ1) is 7.66. The van der Waals surface area contributed by atoms with E-state index in [0.717, 1.165) is 25.9 Å². The summed E-state index contributed by atoms with van der Waals surface area (Å²) in [6, 6.07) is 4.58. The quantitative estimate of drug-likeness (QED) is 0.857. The molecule has 90 valence electrons. The molecule has 3 atom stereocenters. The van der Waals surface area contributed by atoms with Crippen LogP contribution in [0.2, 0.25) is 0 Å². The van der Waals surface area contributed by atoms with E-state index < -0.39 is 0 Å². The Bertz CT molecular complexity index is 325. The molecule has 16 heavy (non-hydrogen) atoms. The molecule has 0 bridgehead atoms. The van der Waals surface area contributed by atoms with Crippen LogP contribution in [0.3, 0.4) is 0 Å². The fourth-order valence-corrected chi connectivity index (χ4v) is 3.04. The molecular formula is C13H21NOS. The number of hydrogen-bond acceptors (Lipinski definition) is 3. The van der Waals surface area contributed by atoms with E-state index in [0.29, 0.717) is 12.1 Å². The predicted molar refractivity (Wildman–Crippen MR) is 68.8 cm³/mol. The third-order valence-electron chi connectivity index (χ3n) is 4.06. The van der Waals surface area contributed by atoms with Crippen LogP contribution in [0.4, 0.5) is 0 Å². The Kier molecular flexibility index (Phi) is 3.67. The van der Waals surface area contributed by atoms with Crippen molar-refractivity contribution in [2.45, 2.75) is 45.3 Å². The first-order valence-electron chi connectivity index (χ1n) is 6.06. The highest BCUT2D eigenvalue weighted by Crippen LogP contribution is 2.44. The highest BCUT2D eigenvalue weighted by Gasteiger charge is 2.49. The molecular weight excluding hydrogens is 218 g/mol. The smallest absolute Gasteiger partial charge is 0.0658 e. The summed E-state index contributed by atoms with van der Waals surface area (Å²) in [4.78, 5) is 1.40. The third kappa shape index (κ3) is 2.17. The molecule has 1 heterocycles. The minimum Gasteiger partial charge on any atom is -0.377 e. The summed E-state index contributed by atoms with van der Waals surface area (Å²) >= 11 is 1.80. The van der Waals surface area contributed by atoms with Crippen molar-refractivity contribution < 1.29 is 4.74 Å². The molecule has 0 spiro atoms. The first-order valence-corrected chi connectivity index (χ1v) is 6.94. The molecule has 1 aliphatic rings. The summed E-state index contributed by atoms with van der Waals surface area (Å²) in [7, 11) is 0. The largest absolute Gasteiger partial charge is 0.377 e. The topological polar surface area (TPSA) is 35.2 Å². The molecule has 1 saturated carbocycles. The Hall–Kier alpha value is -0.380. The molecule has 0 amide bonds. The van der Waals surface area contributed by atoms with Crippen molar-refractivity contribution in [2.24, 2.45) is 11.1 Å². The summed E-state index contributed by atoms with van der Waals surface area (Å²) in [5.41, 5.74) is 6.25. The minimum absolute atomic E-state index is 0.204. The molecule has 1 aliphatic carbocycles. The lowest BCUT2D eigenvalue weighted by Gasteiger charge is -2.51. The van der Waals surface area contributed by atoms with Crippen LogP contribution in [0, 0.1) is 5.41 Å². The van der Waals surface area contributed by atoms with Gasteiger partial charge in [-0.15, -0.1) is 11.3 Å². The van der Waals surface area contributed by atoms with Crippen molar-refractivity contribution in [1.29, 1.82) is 0 Å². The van der Waals surface area contributed by atoms with Gasteiger partial charge in [0.1, 0.15) is 0 Å². The zero-order valence-electron chi connectivity index (χ0n) is 10.1. The van der Waals surface area contributed by atoms with E-state index in [4.69, 9.17) is 10.5 Å². The van der Waals surface area contributed by atoms with Crippen LogP contribution in [0.5, 0.6) is 0 Å². The van der Waals surface area contributed by atoms with Gasteiger partial charge >= 0.3 is 0 Å². The normalized spacial score (nSPS) is 33.7. The van der Waals surface area contributed by atoms with Crippen molar-refractivity contribution in [2.75, 3.05) is 6.61 Å². The number of hydrogen-bond donors (Lipinski definition) is 1. The zero-order chi connectivity index (χ0) is 11.6. The van der Waals surface area contributed by atoms with Gasteiger partial charge in [0.2, 0.25) is 0 Å². The van der Waals surface area contributed by atoms with Crippen molar-refractivity contribution in [1.82, 2.24) is 0 Å². The second kappa shape index (κ2) is 4.86. The lowest BCUT2D eigenvalue weighted by molar-refractivity contribution is -0.118. The monoisotopic (exact) mass is 239 g/mol. The maximum Gasteiger partial charge on any atom is 0.0658 e. The van der Waals surface area contributed by atoms with Gasteiger partial charge in [-0.25, -0.2) is 0 Å².